The van der Waals surface area contributed by atoms with Crippen molar-refractivity contribution in [1.29, 1.82) is 0 Å². The molecular formula is C33H63N5O19P2S. The van der Waals surface area contributed by atoms with Gasteiger partial charge in [0.1, 0.15) is 48.5 Å². The molecule has 350 valence electrons. The molecule has 0 bridgehead atoms. The van der Waals surface area contributed by atoms with Crippen LogP contribution < -0.4 is 28.5 Å². The SMILES string of the molecule is NC1CCCCC1.NC1CCCCC1.NC1CCCCC1.O=c1ccn([C@@H]2O[C@H](COP(=O)(O)OP(=O)(O)O[C@H]3O[C@H](CS(=O)(=O)O)[C@@H](O)[C@H](O)[C@H]3O)[C@@H](O)[C@H]2O)c(=O)[nH]1. The summed E-state index contributed by atoms with van der Waals surface area (Å²) < 4.78 is 79.0. The van der Waals surface area contributed by atoms with Crippen LogP contribution in [0.15, 0.2) is 21.9 Å². The summed E-state index contributed by atoms with van der Waals surface area (Å²) in [5, 5.41) is 49.8. The van der Waals surface area contributed by atoms with Crippen LogP contribution in [-0.2, 0) is 42.1 Å². The molecular weight excluding hydrogens is 864 g/mol. The van der Waals surface area contributed by atoms with Gasteiger partial charge in [0.25, 0.3) is 15.7 Å². The van der Waals surface area contributed by atoms with E-state index in [-0.39, 0.29) is 0 Å². The second-order valence-electron chi connectivity index (χ2n) is 15.4. The average molecular weight is 928 g/mol. The quantitative estimate of drug-likeness (QED) is 0.0982. The van der Waals surface area contributed by atoms with Gasteiger partial charge in [-0.3, -0.25) is 27.9 Å². The molecule has 1 aromatic rings. The molecule has 3 heterocycles. The second kappa shape index (κ2) is 24.5. The summed E-state index contributed by atoms with van der Waals surface area (Å²) in [6.07, 6.45) is 2.95. The van der Waals surface area contributed by atoms with Crippen LogP contribution in [0.5, 0.6) is 0 Å². The zero-order valence-electron chi connectivity index (χ0n) is 33.2. The Morgan fingerprint density at radius 1 is 0.700 bits per heavy atom. The highest BCUT2D eigenvalue weighted by atomic mass is 32.2. The Morgan fingerprint density at radius 2 is 1.17 bits per heavy atom. The molecule has 5 fully saturated rings. The zero-order chi connectivity index (χ0) is 44.8. The highest BCUT2D eigenvalue weighted by Crippen LogP contribution is 2.61. The minimum absolute atomic E-state index is 0.536. The summed E-state index contributed by atoms with van der Waals surface area (Å²) in [5.74, 6) is -1.35. The van der Waals surface area contributed by atoms with Gasteiger partial charge in [-0.1, -0.05) is 57.8 Å². The van der Waals surface area contributed by atoms with E-state index in [4.69, 9.17) is 31.2 Å². The Kier molecular flexibility index (Phi) is 21.6. The monoisotopic (exact) mass is 927 g/mol. The molecule has 60 heavy (non-hydrogen) atoms. The van der Waals surface area contributed by atoms with Crippen molar-refractivity contribution in [2.45, 2.75) is 170 Å². The van der Waals surface area contributed by atoms with Crippen molar-refractivity contribution in [3.63, 3.8) is 0 Å². The van der Waals surface area contributed by atoms with E-state index in [1.54, 1.807) is 0 Å². The molecule has 5 aliphatic rings. The number of hydrogen-bond acceptors (Lipinski definition) is 19. The van der Waals surface area contributed by atoms with Gasteiger partial charge in [-0.25, -0.2) is 13.9 Å². The molecule has 0 aromatic carbocycles. The van der Waals surface area contributed by atoms with Crippen molar-refractivity contribution in [2.24, 2.45) is 17.2 Å². The lowest BCUT2D eigenvalue weighted by molar-refractivity contribution is -0.270. The second-order valence-corrected chi connectivity index (χ2v) is 19.9. The van der Waals surface area contributed by atoms with E-state index < -0.39 is 105 Å². The van der Waals surface area contributed by atoms with Gasteiger partial charge >= 0.3 is 21.3 Å². The highest BCUT2D eigenvalue weighted by Gasteiger charge is 2.50. The number of H-pyrrole nitrogens is 1. The molecule has 15 N–H and O–H groups in total. The largest absolute Gasteiger partial charge is 0.483 e. The molecule has 2 aliphatic heterocycles. The molecule has 6 rings (SSSR count). The predicted octanol–water partition coefficient (Wildman–Crippen LogP) is -1.06. The van der Waals surface area contributed by atoms with Gasteiger partial charge in [-0.2, -0.15) is 12.7 Å². The third kappa shape index (κ3) is 18.3. The Hall–Kier alpha value is -1.55. The number of ether oxygens (including phenoxy) is 2. The maximum Gasteiger partial charge on any atom is 0.483 e. The molecule has 24 nitrogen and oxygen atoms in total. The van der Waals surface area contributed by atoms with E-state index >= 15 is 0 Å². The lowest BCUT2D eigenvalue weighted by atomic mass is 9.97. The number of nitrogens with two attached hydrogens (primary N) is 3. The van der Waals surface area contributed by atoms with Crippen molar-refractivity contribution in [3.05, 3.63) is 33.1 Å². The van der Waals surface area contributed by atoms with Crippen LogP contribution >= 0.6 is 15.6 Å². The van der Waals surface area contributed by atoms with Gasteiger partial charge < -0.3 is 62.0 Å². The smallest absolute Gasteiger partial charge is 0.388 e. The maximum absolute atomic E-state index is 12.2. The number of phosphoric ester groups is 2. The zero-order valence-corrected chi connectivity index (χ0v) is 35.8. The minimum atomic E-state index is -5.76. The van der Waals surface area contributed by atoms with Gasteiger partial charge in [0, 0.05) is 30.4 Å². The summed E-state index contributed by atoms with van der Waals surface area (Å²) in [6.45, 7) is -1.09. The van der Waals surface area contributed by atoms with Crippen molar-refractivity contribution in [2.75, 3.05) is 12.4 Å². The Labute approximate surface area is 347 Å². The molecule has 1 aromatic heterocycles. The van der Waals surface area contributed by atoms with Crippen molar-refractivity contribution < 1.29 is 80.3 Å². The standard InChI is InChI=1S/C15H24N2O19P2S.3C6H13N/c18-7-1-2-17(15(24)16-7)13-11(22)8(19)5(33-13)3-32-37(25,26)36-38(27,28)35-14-12(23)10(21)9(20)6(34-14)4-39(29,30)31;3*7-6-4-2-1-3-5-6/h1-2,5-6,8-14,19-23H,3-4H2,(H,25,26)(H,27,28)(H,16,18,24)(H,29,30,31);3*6H,1-5,7H2/t5-,6-,8-,9-,10+,11-,12-,13-,14-;;;/m1.../s1. The fourth-order valence-electron chi connectivity index (χ4n) is 6.95. The van der Waals surface area contributed by atoms with Crippen LogP contribution in [0.3, 0.4) is 0 Å². The normalized spacial score (nSPS) is 32.8. The Morgan fingerprint density at radius 3 is 1.58 bits per heavy atom. The molecule has 0 spiro atoms. The van der Waals surface area contributed by atoms with E-state index in [1.165, 1.54) is 96.3 Å². The molecule has 27 heteroatoms. The molecule has 3 saturated carbocycles. The topological polar surface area (TPSA) is 409 Å². The van der Waals surface area contributed by atoms with Crippen molar-refractivity contribution in [1.82, 2.24) is 9.55 Å². The molecule has 11 atom stereocenters. The van der Waals surface area contributed by atoms with Crippen LogP contribution in [0.2, 0.25) is 0 Å². The minimum Gasteiger partial charge on any atom is -0.388 e. The number of nitrogens with one attached hydrogen (secondary N) is 1. The number of hydrogen-bond donors (Lipinski definition) is 12. The number of aliphatic hydroxyl groups is 5. The fourth-order valence-corrected chi connectivity index (χ4v) is 9.80. The third-order valence-corrected chi connectivity index (χ3v) is 13.7. The summed E-state index contributed by atoms with van der Waals surface area (Å²) >= 11 is 0. The van der Waals surface area contributed by atoms with Crippen molar-refractivity contribution in [3.8, 4) is 0 Å². The maximum atomic E-state index is 12.2. The van der Waals surface area contributed by atoms with Crippen LogP contribution in [0.4, 0.5) is 0 Å². The lowest BCUT2D eigenvalue weighted by Gasteiger charge is -2.39. The Balaban J connectivity index is 0.000000364. The molecule has 2 unspecified atom stereocenters. The van der Waals surface area contributed by atoms with Gasteiger partial charge in [0.05, 0.1) is 6.61 Å². The lowest BCUT2D eigenvalue weighted by Crippen LogP contribution is -2.59. The summed E-state index contributed by atoms with van der Waals surface area (Å²) in [4.78, 5) is 44.6. The summed E-state index contributed by atoms with van der Waals surface area (Å²) in [7, 11) is -16.2. The van der Waals surface area contributed by atoms with E-state index in [2.05, 4.69) is 13.4 Å². The van der Waals surface area contributed by atoms with E-state index in [1.807, 2.05) is 4.98 Å². The van der Waals surface area contributed by atoms with Crippen LogP contribution in [-0.4, -0.2) is 137 Å². The molecule has 3 aliphatic carbocycles. The first-order valence-corrected chi connectivity index (χ1v) is 24.5. The van der Waals surface area contributed by atoms with E-state index in [0.717, 1.165) is 12.3 Å². The number of aromatic amines is 1. The van der Waals surface area contributed by atoms with Crippen LogP contribution in [0.25, 0.3) is 0 Å². The van der Waals surface area contributed by atoms with E-state index in [9.17, 15) is 62.5 Å². The van der Waals surface area contributed by atoms with Gasteiger partial charge in [-0.05, 0) is 38.5 Å². The fraction of sp³-hybridized carbons (Fsp3) is 0.879. The molecule has 0 amide bonds. The number of nitrogens with zero attached hydrogens (tertiary/aromatic N) is 1. The number of aliphatic hydroxyl groups excluding tert-OH is 5. The molecule has 2 saturated heterocycles. The molecule has 0 radical (unpaired) electrons. The van der Waals surface area contributed by atoms with Gasteiger partial charge in [-0.15, -0.1) is 0 Å². The average Bonchev–Trinajstić information content (AvgIpc) is 3.44. The highest BCUT2D eigenvalue weighted by molar-refractivity contribution is 7.85. The number of aromatic nitrogens is 2. The predicted molar refractivity (Wildman–Crippen MR) is 211 cm³/mol. The van der Waals surface area contributed by atoms with Crippen LogP contribution in [0.1, 0.15) is 103 Å². The first kappa shape index (κ1) is 52.8. The van der Waals surface area contributed by atoms with E-state index in [0.29, 0.717) is 22.7 Å². The first-order chi connectivity index (χ1) is 28.0. The summed E-state index contributed by atoms with van der Waals surface area (Å²) in [6, 6.07) is 2.51. The van der Waals surface area contributed by atoms with Crippen molar-refractivity contribution >= 4 is 25.8 Å². The number of rotatable bonds is 10. The van der Waals surface area contributed by atoms with Gasteiger partial charge in [0.2, 0.25) is 0 Å². The van der Waals surface area contributed by atoms with Gasteiger partial charge in [0.15, 0.2) is 12.5 Å². The Bertz CT molecular complexity index is 1720. The first-order valence-electron chi connectivity index (χ1n) is 19.9. The number of phosphoric acid groups is 2. The van der Waals surface area contributed by atoms with Crippen LogP contribution in [0, 0.1) is 0 Å². The third-order valence-electron chi connectivity index (χ3n) is 10.3. The summed E-state index contributed by atoms with van der Waals surface area (Å²) in [5.41, 5.74) is 15.1.